The van der Waals surface area contributed by atoms with Gasteiger partial charge in [0, 0.05) is 6.54 Å². The highest BCUT2D eigenvalue weighted by atomic mass is 16.1. The summed E-state index contributed by atoms with van der Waals surface area (Å²) in [4.78, 5) is 10.8. The Labute approximate surface area is 68.3 Å². The Balaban J connectivity index is 3.64. The van der Waals surface area contributed by atoms with E-state index < -0.39 is 5.41 Å². The molecule has 3 N–H and O–H groups in total. The first-order valence-electron chi connectivity index (χ1n) is 4.01. The van der Waals surface area contributed by atoms with E-state index in [1.807, 2.05) is 13.8 Å². The summed E-state index contributed by atoms with van der Waals surface area (Å²) in [6, 6.07) is 0. The fraction of sp³-hybridized carbons (Fsp3) is 0.875. The lowest BCUT2D eigenvalue weighted by atomic mass is 9.93. The average Bonchev–Trinajstić information content (AvgIpc) is 1.88. The van der Waals surface area contributed by atoms with Crippen LogP contribution in [0.25, 0.3) is 0 Å². The van der Waals surface area contributed by atoms with Gasteiger partial charge in [-0.15, -0.1) is 0 Å². The zero-order chi connectivity index (χ0) is 8.91. The van der Waals surface area contributed by atoms with Crippen molar-refractivity contribution < 1.29 is 4.79 Å². The van der Waals surface area contributed by atoms with Crippen LogP contribution in [0.4, 0.5) is 0 Å². The zero-order valence-corrected chi connectivity index (χ0v) is 7.61. The van der Waals surface area contributed by atoms with Gasteiger partial charge in [-0.25, -0.2) is 0 Å². The smallest absolute Gasteiger partial charge is 0.224 e. The molecule has 0 atom stereocenters. The van der Waals surface area contributed by atoms with Gasteiger partial charge in [0.05, 0.1) is 5.41 Å². The maximum absolute atomic E-state index is 10.8. The van der Waals surface area contributed by atoms with Crippen LogP contribution in [0.5, 0.6) is 0 Å². The van der Waals surface area contributed by atoms with Crippen molar-refractivity contribution in [3.63, 3.8) is 0 Å². The van der Waals surface area contributed by atoms with Gasteiger partial charge >= 0.3 is 0 Å². The molecule has 3 nitrogen and oxygen atoms in total. The summed E-state index contributed by atoms with van der Waals surface area (Å²) in [5.74, 6) is -0.249. The molecular weight excluding hydrogens is 140 g/mol. The number of primary amides is 1. The summed E-state index contributed by atoms with van der Waals surface area (Å²) < 4.78 is 0. The predicted molar refractivity (Wildman–Crippen MR) is 46.1 cm³/mol. The summed E-state index contributed by atoms with van der Waals surface area (Å²) >= 11 is 0. The Kier molecular flexibility index (Phi) is 4.11. The minimum atomic E-state index is -0.421. The molecule has 0 bridgehead atoms. The van der Waals surface area contributed by atoms with E-state index in [1.165, 1.54) is 0 Å². The van der Waals surface area contributed by atoms with Crippen LogP contribution in [0.2, 0.25) is 0 Å². The van der Waals surface area contributed by atoms with E-state index in [-0.39, 0.29) is 5.91 Å². The molecule has 1 amide bonds. The van der Waals surface area contributed by atoms with Crippen molar-refractivity contribution >= 4 is 5.91 Å². The number of nitrogens with one attached hydrogen (secondary N) is 1. The molecule has 0 saturated carbocycles. The van der Waals surface area contributed by atoms with Gasteiger partial charge in [0.25, 0.3) is 0 Å². The van der Waals surface area contributed by atoms with Crippen LogP contribution in [-0.4, -0.2) is 19.0 Å². The molecule has 0 fully saturated rings. The second kappa shape index (κ2) is 4.34. The van der Waals surface area contributed by atoms with Crippen molar-refractivity contribution in [2.45, 2.75) is 27.2 Å². The molecule has 0 unspecified atom stereocenters. The lowest BCUT2D eigenvalue weighted by Gasteiger charge is -2.20. The van der Waals surface area contributed by atoms with Gasteiger partial charge in [-0.05, 0) is 26.8 Å². The number of nitrogens with two attached hydrogens (primary N) is 1. The third kappa shape index (κ3) is 3.98. The Hall–Kier alpha value is -0.570. The molecule has 0 radical (unpaired) electrons. The number of hydrogen-bond acceptors (Lipinski definition) is 2. The Morgan fingerprint density at radius 1 is 1.55 bits per heavy atom. The van der Waals surface area contributed by atoms with Crippen LogP contribution in [0.1, 0.15) is 27.2 Å². The lowest BCUT2D eigenvalue weighted by molar-refractivity contribution is -0.125. The fourth-order valence-corrected chi connectivity index (χ4v) is 0.665. The topological polar surface area (TPSA) is 55.1 Å². The minimum Gasteiger partial charge on any atom is -0.369 e. The van der Waals surface area contributed by atoms with Crippen LogP contribution in [0.15, 0.2) is 0 Å². The lowest BCUT2D eigenvalue weighted by Crippen LogP contribution is -2.40. The van der Waals surface area contributed by atoms with E-state index in [0.717, 1.165) is 13.0 Å². The van der Waals surface area contributed by atoms with Crippen LogP contribution in [0.3, 0.4) is 0 Å². The van der Waals surface area contributed by atoms with Gasteiger partial charge in [0.1, 0.15) is 0 Å². The van der Waals surface area contributed by atoms with Gasteiger partial charge in [0.2, 0.25) is 5.91 Å². The molecule has 0 aliphatic heterocycles. The van der Waals surface area contributed by atoms with Gasteiger partial charge < -0.3 is 11.1 Å². The summed E-state index contributed by atoms with van der Waals surface area (Å²) in [6.45, 7) is 7.38. The van der Waals surface area contributed by atoms with Crippen molar-refractivity contribution in [1.29, 1.82) is 0 Å². The standard InChI is InChI=1S/C8H18N2O/c1-4-5-10-6-8(2,3)7(9)11/h10H,4-6H2,1-3H3,(H2,9,11). The summed E-state index contributed by atoms with van der Waals surface area (Å²) in [6.07, 6.45) is 1.08. The predicted octanol–water partition coefficient (Wildman–Crippen LogP) is 0.497. The first-order valence-corrected chi connectivity index (χ1v) is 4.01. The zero-order valence-electron chi connectivity index (χ0n) is 7.61. The first kappa shape index (κ1) is 10.4. The average molecular weight is 158 g/mol. The van der Waals surface area contributed by atoms with Gasteiger partial charge in [-0.2, -0.15) is 0 Å². The molecule has 0 heterocycles. The van der Waals surface area contributed by atoms with E-state index in [2.05, 4.69) is 12.2 Å². The van der Waals surface area contributed by atoms with Crippen LogP contribution in [0, 0.1) is 5.41 Å². The monoisotopic (exact) mass is 158 g/mol. The summed E-state index contributed by atoms with van der Waals surface area (Å²) in [5, 5.41) is 3.16. The van der Waals surface area contributed by atoms with E-state index in [1.54, 1.807) is 0 Å². The molecule has 0 spiro atoms. The SMILES string of the molecule is CCCNCC(C)(C)C(N)=O. The third-order valence-corrected chi connectivity index (χ3v) is 1.66. The normalized spacial score (nSPS) is 11.5. The third-order valence-electron chi connectivity index (χ3n) is 1.66. The molecule has 0 aromatic heterocycles. The number of carbonyl (C=O) groups is 1. The Morgan fingerprint density at radius 2 is 2.09 bits per heavy atom. The Bertz CT molecular complexity index is 132. The van der Waals surface area contributed by atoms with Crippen molar-refractivity contribution in [1.82, 2.24) is 5.32 Å². The highest BCUT2D eigenvalue weighted by Gasteiger charge is 2.23. The highest BCUT2D eigenvalue weighted by molar-refractivity contribution is 5.80. The largest absolute Gasteiger partial charge is 0.369 e. The highest BCUT2D eigenvalue weighted by Crippen LogP contribution is 2.11. The van der Waals surface area contributed by atoms with Gasteiger partial charge in [-0.3, -0.25) is 4.79 Å². The van der Waals surface area contributed by atoms with E-state index >= 15 is 0 Å². The molecule has 66 valence electrons. The van der Waals surface area contributed by atoms with Crippen molar-refractivity contribution in [2.75, 3.05) is 13.1 Å². The van der Waals surface area contributed by atoms with Crippen LogP contribution < -0.4 is 11.1 Å². The maximum Gasteiger partial charge on any atom is 0.224 e. The van der Waals surface area contributed by atoms with E-state index in [0.29, 0.717) is 6.54 Å². The maximum atomic E-state index is 10.8. The molecule has 0 aromatic rings. The molecular formula is C8H18N2O. The number of rotatable bonds is 5. The van der Waals surface area contributed by atoms with Crippen LogP contribution in [-0.2, 0) is 4.79 Å². The molecule has 0 rings (SSSR count). The number of hydrogen-bond donors (Lipinski definition) is 2. The summed E-state index contributed by atoms with van der Waals surface area (Å²) in [7, 11) is 0. The molecule has 0 aromatic carbocycles. The molecule has 0 aliphatic rings. The molecule has 3 heteroatoms. The van der Waals surface area contributed by atoms with Gasteiger partial charge in [-0.1, -0.05) is 6.92 Å². The fourth-order valence-electron chi connectivity index (χ4n) is 0.665. The van der Waals surface area contributed by atoms with Crippen molar-refractivity contribution in [2.24, 2.45) is 11.1 Å². The van der Waals surface area contributed by atoms with Crippen LogP contribution >= 0.6 is 0 Å². The molecule has 11 heavy (non-hydrogen) atoms. The quantitative estimate of drug-likeness (QED) is 0.572. The van der Waals surface area contributed by atoms with E-state index in [9.17, 15) is 4.79 Å². The van der Waals surface area contributed by atoms with Gasteiger partial charge in [0.15, 0.2) is 0 Å². The molecule has 0 aliphatic carbocycles. The number of amides is 1. The second-order valence-corrected chi connectivity index (χ2v) is 3.42. The second-order valence-electron chi connectivity index (χ2n) is 3.42. The molecule has 0 saturated heterocycles. The number of carbonyl (C=O) groups excluding carboxylic acids is 1. The van der Waals surface area contributed by atoms with E-state index in [4.69, 9.17) is 5.73 Å². The Morgan fingerprint density at radius 3 is 2.45 bits per heavy atom. The minimum absolute atomic E-state index is 0.249. The van der Waals surface area contributed by atoms with Crippen molar-refractivity contribution in [3.8, 4) is 0 Å². The summed E-state index contributed by atoms with van der Waals surface area (Å²) in [5.41, 5.74) is 4.75. The van der Waals surface area contributed by atoms with Crippen molar-refractivity contribution in [3.05, 3.63) is 0 Å². The first-order chi connectivity index (χ1) is 5.00.